The smallest absolute Gasteiger partial charge is 0.157 e. The van der Waals surface area contributed by atoms with Gasteiger partial charge < -0.3 is 9.47 Å². The Labute approximate surface area is 97.8 Å². The average Bonchev–Trinajstić information content (AvgIpc) is 2.30. The van der Waals surface area contributed by atoms with E-state index in [0.717, 1.165) is 32.3 Å². The average molecular weight is 226 g/mol. The van der Waals surface area contributed by atoms with E-state index in [2.05, 4.69) is 0 Å². The van der Waals surface area contributed by atoms with Gasteiger partial charge in [-0.15, -0.1) is 0 Å². The molecule has 1 fully saturated rings. The molecule has 0 N–H and O–H groups in total. The van der Waals surface area contributed by atoms with Gasteiger partial charge in [0.1, 0.15) is 0 Å². The monoisotopic (exact) mass is 226 g/mol. The second kappa shape index (κ2) is 8.48. The van der Waals surface area contributed by atoms with Gasteiger partial charge in [0.05, 0.1) is 6.61 Å². The van der Waals surface area contributed by atoms with E-state index in [9.17, 15) is 4.79 Å². The minimum Gasteiger partial charge on any atom is -0.353 e. The fraction of sp³-hybridized carbons (Fsp3) is 0.769. The zero-order chi connectivity index (χ0) is 11.6. The number of ketones is 1. The highest BCUT2D eigenvalue weighted by Crippen LogP contribution is 2.13. The molecule has 3 nitrogen and oxygen atoms in total. The fourth-order valence-corrected chi connectivity index (χ4v) is 1.65. The van der Waals surface area contributed by atoms with Gasteiger partial charge in [0.15, 0.2) is 12.1 Å². The van der Waals surface area contributed by atoms with Crippen LogP contribution in [-0.4, -0.2) is 25.3 Å². The van der Waals surface area contributed by atoms with Crippen molar-refractivity contribution in [3.8, 4) is 0 Å². The molecule has 0 aromatic carbocycles. The van der Waals surface area contributed by atoms with Crippen LogP contribution >= 0.6 is 0 Å². The molecule has 0 aliphatic carbocycles. The molecule has 1 unspecified atom stereocenters. The van der Waals surface area contributed by atoms with Gasteiger partial charge >= 0.3 is 0 Å². The van der Waals surface area contributed by atoms with Gasteiger partial charge in [0.25, 0.3) is 0 Å². The first kappa shape index (κ1) is 13.4. The Bertz CT molecular complexity index is 217. The lowest BCUT2D eigenvalue weighted by Gasteiger charge is -2.22. The Hall–Kier alpha value is -0.670. The molecule has 1 rings (SSSR count). The van der Waals surface area contributed by atoms with Gasteiger partial charge in [-0.25, -0.2) is 0 Å². The largest absolute Gasteiger partial charge is 0.353 e. The summed E-state index contributed by atoms with van der Waals surface area (Å²) < 4.78 is 11.0. The summed E-state index contributed by atoms with van der Waals surface area (Å²) in [5, 5.41) is 0. The molecular weight excluding hydrogens is 204 g/mol. The standard InChI is InChI=1S/C13H22O3/c1-2-7-12(14)8-3-5-10-15-13-9-4-6-11-16-13/h3,8,13H,2,4-7,9-11H2,1H3/b8-3-. The zero-order valence-corrected chi connectivity index (χ0v) is 10.1. The summed E-state index contributed by atoms with van der Waals surface area (Å²) in [6, 6.07) is 0. The number of allylic oxidation sites excluding steroid dienone is 1. The van der Waals surface area contributed by atoms with Crippen molar-refractivity contribution in [3.63, 3.8) is 0 Å². The van der Waals surface area contributed by atoms with Gasteiger partial charge in [-0.3, -0.25) is 4.79 Å². The van der Waals surface area contributed by atoms with Crippen LogP contribution in [-0.2, 0) is 14.3 Å². The lowest BCUT2D eigenvalue weighted by atomic mass is 10.2. The van der Waals surface area contributed by atoms with E-state index in [0.29, 0.717) is 13.0 Å². The van der Waals surface area contributed by atoms with Crippen LogP contribution in [0.4, 0.5) is 0 Å². The van der Waals surface area contributed by atoms with Crippen molar-refractivity contribution in [1.29, 1.82) is 0 Å². The Kier molecular flexibility index (Phi) is 7.10. The summed E-state index contributed by atoms with van der Waals surface area (Å²) in [6.45, 7) is 3.46. The third-order valence-electron chi connectivity index (χ3n) is 2.53. The molecule has 92 valence electrons. The van der Waals surface area contributed by atoms with Gasteiger partial charge in [0.2, 0.25) is 0 Å². The molecule has 0 spiro atoms. The molecule has 1 aliphatic rings. The van der Waals surface area contributed by atoms with E-state index >= 15 is 0 Å². The van der Waals surface area contributed by atoms with E-state index in [-0.39, 0.29) is 12.1 Å². The van der Waals surface area contributed by atoms with Crippen molar-refractivity contribution in [2.45, 2.75) is 51.7 Å². The predicted octanol–water partition coefficient (Wildman–Crippen LogP) is 2.85. The highest BCUT2D eigenvalue weighted by atomic mass is 16.7. The SMILES string of the molecule is CCCC(=O)/C=C\CCOC1CCCCO1. The molecule has 3 heteroatoms. The molecule has 1 aliphatic heterocycles. The third kappa shape index (κ3) is 6.03. The minimum atomic E-state index is -0.0199. The topological polar surface area (TPSA) is 35.5 Å². The van der Waals surface area contributed by atoms with E-state index in [1.807, 2.05) is 13.0 Å². The Balaban J connectivity index is 2.00. The third-order valence-corrected chi connectivity index (χ3v) is 2.53. The van der Waals surface area contributed by atoms with Crippen molar-refractivity contribution in [3.05, 3.63) is 12.2 Å². The van der Waals surface area contributed by atoms with Gasteiger partial charge in [-0.1, -0.05) is 13.0 Å². The van der Waals surface area contributed by atoms with Crippen LogP contribution in [0.5, 0.6) is 0 Å². The predicted molar refractivity (Wildman–Crippen MR) is 63.2 cm³/mol. The molecule has 0 radical (unpaired) electrons. The van der Waals surface area contributed by atoms with Crippen molar-refractivity contribution >= 4 is 5.78 Å². The number of hydrogen-bond donors (Lipinski definition) is 0. The van der Waals surface area contributed by atoms with Crippen molar-refractivity contribution in [1.82, 2.24) is 0 Å². The van der Waals surface area contributed by atoms with Gasteiger partial charge in [-0.2, -0.15) is 0 Å². The minimum absolute atomic E-state index is 0.0199. The first-order chi connectivity index (χ1) is 7.83. The summed E-state index contributed by atoms with van der Waals surface area (Å²) in [5.74, 6) is 0.205. The summed E-state index contributed by atoms with van der Waals surface area (Å²) in [4.78, 5) is 11.2. The lowest BCUT2D eigenvalue weighted by molar-refractivity contribution is -0.161. The van der Waals surface area contributed by atoms with Crippen molar-refractivity contribution < 1.29 is 14.3 Å². The number of hydrogen-bond acceptors (Lipinski definition) is 3. The van der Waals surface area contributed by atoms with Crippen LogP contribution in [0.2, 0.25) is 0 Å². The fourth-order valence-electron chi connectivity index (χ4n) is 1.65. The van der Waals surface area contributed by atoms with E-state index in [1.165, 1.54) is 6.42 Å². The maximum atomic E-state index is 11.2. The van der Waals surface area contributed by atoms with E-state index in [1.54, 1.807) is 6.08 Å². The van der Waals surface area contributed by atoms with Crippen molar-refractivity contribution in [2.24, 2.45) is 0 Å². The quantitative estimate of drug-likeness (QED) is 0.494. The summed E-state index contributed by atoms with van der Waals surface area (Å²) >= 11 is 0. The number of carbonyl (C=O) groups excluding carboxylic acids is 1. The maximum Gasteiger partial charge on any atom is 0.157 e. The van der Waals surface area contributed by atoms with Crippen LogP contribution in [0.1, 0.15) is 45.4 Å². The van der Waals surface area contributed by atoms with Crippen LogP contribution in [0.25, 0.3) is 0 Å². The Morgan fingerprint density at radius 3 is 3.06 bits per heavy atom. The molecule has 0 aromatic heterocycles. The second-order valence-electron chi connectivity index (χ2n) is 4.07. The molecule has 1 atom stereocenters. The van der Waals surface area contributed by atoms with Gasteiger partial charge in [-0.05, 0) is 38.2 Å². The molecule has 0 aromatic rings. The summed E-state index contributed by atoms with van der Waals surface area (Å²) in [5.41, 5.74) is 0. The highest BCUT2D eigenvalue weighted by Gasteiger charge is 2.12. The molecule has 1 saturated heterocycles. The van der Waals surface area contributed by atoms with Gasteiger partial charge in [0, 0.05) is 13.0 Å². The van der Waals surface area contributed by atoms with E-state index in [4.69, 9.17) is 9.47 Å². The molecule has 0 bridgehead atoms. The van der Waals surface area contributed by atoms with E-state index < -0.39 is 0 Å². The number of carbonyl (C=O) groups is 1. The van der Waals surface area contributed by atoms with Crippen LogP contribution in [0.3, 0.4) is 0 Å². The summed E-state index contributed by atoms with van der Waals surface area (Å²) in [6.07, 6.45) is 9.20. The molecular formula is C13H22O3. The van der Waals surface area contributed by atoms with Crippen LogP contribution < -0.4 is 0 Å². The Morgan fingerprint density at radius 2 is 2.38 bits per heavy atom. The maximum absolute atomic E-state index is 11.2. The first-order valence-electron chi connectivity index (χ1n) is 6.25. The molecule has 0 saturated carbocycles. The van der Waals surface area contributed by atoms with Crippen LogP contribution in [0, 0.1) is 0 Å². The zero-order valence-electron chi connectivity index (χ0n) is 10.1. The first-order valence-corrected chi connectivity index (χ1v) is 6.25. The lowest BCUT2D eigenvalue weighted by Crippen LogP contribution is -2.22. The van der Waals surface area contributed by atoms with Crippen molar-refractivity contribution in [2.75, 3.05) is 13.2 Å². The normalized spacial score (nSPS) is 21.4. The Morgan fingerprint density at radius 1 is 1.50 bits per heavy atom. The molecule has 1 heterocycles. The second-order valence-corrected chi connectivity index (χ2v) is 4.07. The number of rotatable bonds is 7. The highest BCUT2D eigenvalue weighted by molar-refractivity contribution is 5.89. The molecule has 0 amide bonds. The number of ether oxygens (including phenoxy) is 2. The molecule has 16 heavy (non-hydrogen) atoms. The summed E-state index contributed by atoms with van der Waals surface area (Å²) in [7, 11) is 0. The van der Waals surface area contributed by atoms with Crippen LogP contribution in [0.15, 0.2) is 12.2 Å².